The van der Waals surface area contributed by atoms with Crippen molar-refractivity contribution in [3.05, 3.63) is 425 Å². The summed E-state index contributed by atoms with van der Waals surface area (Å²) in [6.45, 7) is 0. The molecular weight excluding hydrogens is 1170 g/mol. The summed E-state index contributed by atoms with van der Waals surface area (Å²) in [5.41, 5.74) is 20.3. The minimum Gasteiger partial charge on any atom is -0.115 e. The summed E-state index contributed by atoms with van der Waals surface area (Å²) in [5.74, 6) is 63.8. The highest BCUT2D eigenvalue weighted by Crippen LogP contribution is 2.45. The minimum atomic E-state index is -0.869. The molecule has 12 aromatic carbocycles. The fraction of sp³-hybridized carbons (Fsp3) is 0.0103. The Hall–Kier alpha value is -14.6. The maximum Gasteiger partial charge on any atom is 0.0701 e. The average molecular weight is 1220 g/mol. The highest BCUT2D eigenvalue weighted by molar-refractivity contribution is 5.64. The molecule has 97 heavy (non-hydrogen) atoms. The van der Waals surface area contributed by atoms with Crippen molar-refractivity contribution in [1.82, 2.24) is 0 Å². The summed E-state index contributed by atoms with van der Waals surface area (Å²) in [5, 5.41) is 0. The van der Waals surface area contributed by atoms with Crippen molar-refractivity contribution in [3.63, 3.8) is 0 Å². The summed E-state index contributed by atoms with van der Waals surface area (Å²) < 4.78 is 0. The predicted molar refractivity (Wildman–Crippen MR) is 396 cm³/mol. The fourth-order valence-electron chi connectivity index (χ4n) is 10.7. The quantitative estimate of drug-likeness (QED) is 0.122. The first kappa shape index (κ1) is 62.5. The maximum absolute atomic E-state index is 5.62. The Kier molecular flexibility index (Phi) is 19.6. The Balaban J connectivity index is 0.892. The standard InChI is InChI=1S/C97H52/c1-5-73-13-9-17-89(69-73)49-45-81-29-21-77(22-30-81)37-41-85-53-61-93(62-54-85)97(94-63-55-86(56-64-94)42-38-78-23-31-82(32-24-78)46-50-90-18-10-14-74(6-2)70-90,95-65-57-87(58-66-95)43-39-79-25-33-83(34-26-79)47-51-91-19-11-15-75(7-3)71-91)96-67-59-88(60-68-96)44-40-80-27-35-84(36-28-80)48-52-92-20-12-16-76(8-4)72-92/h1-4,9-36,53-72H. The van der Waals surface area contributed by atoms with Gasteiger partial charge in [-0.05, 0) is 241 Å². The van der Waals surface area contributed by atoms with Gasteiger partial charge in [0.25, 0.3) is 0 Å². The van der Waals surface area contributed by atoms with Crippen LogP contribution in [-0.4, -0.2) is 0 Å². The van der Waals surface area contributed by atoms with E-state index in [0.29, 0.717) is 0 Å². The molecule has 440 valence electrons. The number of terminal acetylenes is 4. The van der Waals surface area contributed by atoms with Crippen LogP contribution in [-0.2, 0) is 5.41 Å². The van der Waals surface area contributed by atoms with Crippen LogP contribution in [0.15, 0.2) is 291 Å². The second-order valence-electron chi connectivity index (χ2n) is 22.3. The lowest BCUT2D eigenvalue weighted by Crippen LogP contribution is -2.31. The Bertz CT molecular complexity index is 4960. The summed E-state index contributed by atoms with van der Waals surface area (Å²) in [6.07, 6.45) is 22.5. The lowest BCUT2D eigenvalue weighted by Gasteiger charge is -2.37. The largest absolute Gasteiger partial charge is 0.115 e. The van der Waals surface area contributed by atoms with Gasteiger partial charge in [0, 0.05) is 111 Å². The topological polar surface area (TPSA) is 0 Å². The minimum absolute atomic E-state index is 0.795. The van der Waals surface area contributed by atoms with Gasteiger partial charge in [-0.25, -0.2) is 0 Å². The van der Waals surface area contributed by atoms with Crippen molar-refractivity contribution in [2.75, 3.05) is 0 Å². The highest BCUT2D eigenvalue weighted by Gasteiger charge is 2.38. The molecule has 12 rings (SSSR count). The molecule has 0 heterocycles. The van der Waals surface area contributed by atoms with Gasteiger partial charge in [0.2, 0.25) is 0 Å². The van der Waals surface area contributed by atoms with E-state index in [2.05, 4.69) is 215 Å². The van der Waals surface area contributed by atoms with Gasteiger partial charge in [-0.2, -0.15) is 0 Å². The Morgan fingerprint density at radius 3 is 0.412 bits per heavy atom. The summed E-state index contributed by atoms with van der Waals surface area (Å²) in [4.78, 5) is 0. The van der Waals surface area contributed by atoms with E-state index in [4.69, 9.17) is 25.7 Å². The monoisotopic (exact) mass is 1220 g/mol. The fourth-order valence-corrected chi connectivity index (χ4v) is 10.7. The molecule has 0 aliphatic carbocycles. The second-order valence-corrected chi connectivity index (χ2v) is 22.3. The van der Waals surface area contributed by atoms with Gasteiger partial charge >= 0.3 is 0 Å². The smallest absolute Gasteiger partial charge is 0.0701 e. The molecule has 0 amide bonds. The molecule has 0 fully saturated rings. The summed E-state index contributed by atoms with van der Waals surface area (Å²) in [7, 11) is 0. The average Bonchev–Trinajstić information content (AvgIpc) is 0.733. The van der Waals surface area contributed by atoms with Gasteiger partial charge in [-0.15, -0.1) is 25.7 Å². The first-order valence-electron chi connectivity index (χ1n) is 31.0. The maximum atomic E-state index is 5.62. The third kappa shape index (κ3) is 16.3. The molecule has 0 aliphatic rings. The molecule has 0 N–H and O–H groups in total. The molecule has 0 aromatic heterocycles. The summed E-state index contributed by atoms with van der Waals surface area (Å²) >= 11 is 0. The second kappa shape index (κ2) is 30.4. The predicted octanol–water partition coefficient (Wildman–Crippen LogP) is 17.2. The normalized spacial score (nSPS) is 9.77. The van der Waals surface area contributed by atoms with Crippen molar-refractivity contribution in [1.29, 1.82) is 0 Å². The van der Waals surface area contributed by atoms with Crippen LogP contribution in [0, 0.1) is 144 Å². The van der Waals surface area contributed by atoms with Crippen LogP contribution in [0.25, 0.3) is 0 Å². The van der Waals surface area contributed by atoms with Gasteiger partial charge in [-0.3, -0.25) is 0 Å². The lowest BCUT2D eigenvalue weighted by atomic mass is 9.65. The number of hydrogen-bond donors (Lipinski definition) is 0. The van der Waals surface area contributed by atoms with Crippen LogP contribution >= 0.6 is 0 Å². The zero-order valence-corrected chi connectivity index (χ0v) is 52.5. The zero-order chi connectivity index (χ0) is 66.4. The molecule has 0 saturated heterocycles. The van der Waals surface area contributed by atoms with Crippen LogP contribution in [0.2, 0.25) is 0 Å². The van der Waals surface area contributed by atoms with Crippen LogP contribution in [0.4, 0.5) is 0 Å². The molecule has 0 aliphatic heterocycles. The van der Waals surface area contributed by atoms with E-state index < -0.39 is 5.41 Å². The van der Waals surface area contributed by atoms with Crippen molar-refractivity contribution >= 4 is 0 Å². The highest BCUT2D eigenvalue weighted by atomic mass is 14.4. The van der Waals surface area contributed by atoms with Crippen molar-refractivity contribution in [2.24, 2.45) is 0 Å². The molecule has 0 atom stereocenters. The molecule has 0 spiro atoms. The van der Waals surface area contributed by atoms with Crippen molar-refractivity contribution in [2.45, 2.75) is 5.41 Å². The van der Waals surface area contributed by atoms with E-state index >= 15 is 0 Å². The van der Waals surface area contributed by atoms with Gasteiger partial charge in [0.05, 0.1) is 5.41 Å². The molecule has 0 bridgehead atoms. The first-order valence-corrected chi connectivity index (χ1v) is 31.0. The van der Waals surface area contributed by atoms with Crippen LogP contribution in [0.1, 0.15) is 134 Å². The van der Waals surface area contributed by atoms with E-state index in [-0.39, 0.29) is 0 Å². The third-order valence-corrected chi connectivity index (χ3v) is 15.7. The Morgan fingerprint density at radius 1 is 0.144 bits per heavy atom. The summed E-state index contributed by atoms with van der Waals surface area (Å²) in [6, 6.07) is 96.7. The molecule has 0 saturated carbocycles. The number of rotatable bonds is 4. The van der Waals surface area contributed by atoms with Gasteiger partial charge in [0.1, 0.15) is 0 Å². The van der Waals surface area contributed by atoms with Crippen LogP contribution < -0.4 is 0 Å². The SMILES string of the molecule is C#Cc1cccc(C#Cc2ccc(C#Cc3ccc(C(c4ccc(C#Cc5ccc(C#Cc6cccc(C#C)c6)cc5)cc4)(c4ccc(C#Cc5ccc(C#Cc6cccc(C#C)c6)cc5)cc4)c4ccc(C#Cc5ccc(C#Cc6cccc(C#C)c6)cc5)cc4)cc3)cc2)c1. The van der Waals surface area contributed by atoms with Gasteiger partial charge in [-0.1, -0.05) is 191 Å². The van der Waals surface area contributed by atoms with Gasteiger partial charge < -0.3 is 0 Å². The molecule has 0 unspecified atom stereocenters. The van der Waals surface area contributed by atoms with Crippen LogP contribution in [0.5, 0.6) is 0 Å². The zero-order valence-electron chi connectivity index (χ0n) is 52.5. The van der Waals surface area contributed by atoms with Crippen molar-refractivity contribution < 1.29 is 0 Å². The lowest BCUT2D eigenvalue weighted by molar-refractivity contribution is 0.744. The Morgan fingerprint density at radius 2 is 0.268 bits per heavy atom. The van der Waals surface area contributed by atoms with Gasteiger partial charge in [0.15, 0.2) is 0 Å². The Labute approximate surface area is 570 Å². The van der Waals surface area contributed by atoms with E-state index in [1.165, 1.54) is 0 Å². The molecule has 12 aromatic rings. The number of benzene rings is 12. The third-order valence-electron chi connectivity index (χ3n) is 15.7. The number of hydrogen-bond acceptors (Lipinski definition) is 0. The van der Waals surface area contributed by atoms with Crippen LogP contribution in [0.3, 0.4) is 0 Å². The van der Waals surface area contributed by atoms with E-state index in [1.807, 2.05) is 194 Å². The van der Waals surface area contributed by atoms with E-state index in [9.17, 15) is 0 Å². The van der Waals surface area contributed by atoms with Crippen molar-refractivity contribution in [3.8, 4) is 144 Å². The molecule has 0 nitrogen and oxygen atoms in total. The van der Waals surface area contributed by atoms with E-state index in [1.54, 1.807) is 0 Å². The van der Waals surface area contributed by atoms with E-state index in [0.717, 1.165) is 134 Å². The molecule has 0 radical (unpaired) electrons. The molecular formula is C97H52. The first-order chi connectivity index (χ1) is 47.7. The molecule has 0 heteroatoms.